The minimum atomic E-state index is -1.42. The molecule has 1 unspecified atom stereocenters. The summed E-state index contributed by atoms with van der Waals surface area (Å²) in [5.74, 6) is 0.186. The van der Waals surface area contributed by atoms with Gasteiger partial charge in [-0.05, 0) is 46.4 Å². The number of benzene rings is 3. The third-order valence-corrected chi connectivity index (χ3v) is 6.32. The van der Waals surface area contributed by atoms with Crippen LogP contribution in [0, 0.1) is 0 Å². The van der Waals surface area contributed by atoms with Crippen molar-refractivity contribution in [3.05, 3.63) is 107 Å². The predicted molar refractivity (Wildman–Crippen MR) is 131 cm³/mol. The summed E-state index contributed by atoms with van der Waals surface area (Å²) < 4.78 is 11.9. The monoisotopic (exact) mass is 437 g/mol. The van der Waals surface area contributed by atoms with E-state index in [-0.39, 0.29) is 5.41 Å². The highest BCUT2D eigenvalue weighted by Gasteiger charge is 2.47. The van der Waals surface area contributed by atoms with Crippen LogP contribution in [0.4, 0.5) is 0 Å². The molecule has 0 amide bonds. The van der Waals surface area contributed by atoms with Gasteiger partial charge in [0, 0.05) is 28.2 Å². The number of carbonyl (C=O) groups is 1. The van der Waals surface area contributed by atoms with E-state index < -0.39 is 11.6 Å². The molecule has 1 N–H and O–H groups in total. The summed E-state index contributed by atoms with van der Waals surface area (Å²) in [5, 5.41) is 0.918. The molecule has 4 nitrogen and oxygen atoms in total. The van der Waals surface area contributed by atoms with Gasteiger partial charge < -0.3 is 14.5 Å². The molecule has 0 saturated carbocycles. The van der Waals surface area contributed by atoms with Crippen molar-refractivity contribution < 1.29 is 14.3 Å². The minimum Gasteiger partial charge on any atom is -0.466 e. The summed E-state index contributed by atoms with van der Waals surface area (Å²) in [4.78, 5) is 16.7. The molecule has 0 spiro atoms. The van der Waals surface area contributed by atoms with Crippen LogP contribution in [0.15, 0.2) is 85.1 Å². The molecule has 0 bridgehead atoms. The fraction of sp³-hybridized carbons (Fsp3) is 0.207. The smallest absolute Gasteiger partial charge is 0.359 e. The average Bonchev–Trinajstić information content (AvgIpc) is 3.27. The van der Waals surface area contributed by atoms with E-state index in [9.17, 15) is 4.79 Å². The molecule has 1 atom stereocenters. The van der Waals surface area contributed by atoms with Gasteiger partial charge in [0.15, 0.2) is 0 Å². The van der Waals surface area contributed by atoms with Crippen LogP contribution < -0.4 is 4.74 Å². The van der Waals surface area contributed by atoms with Crippen LogP contribution in [0.5, 0.6) is 5.75 Å². The molecule has 0 aliphatic carbocycles. The lowest BCUT2D eigenvalue weighted by Crippen LogP contribution is -2.43. The first-order chi connectivity index (χ1) is 15.8. The number of aromatic nitrogens is 1. The summed E-state index contributed by atoms with van der Waals surface area (Å²) >= 11 is 0. The standard InChI is InChI=1S/C29H27NO3/c1-28(2,3)20-14-15-26-22(16-20)23(19-10-6-5-7-11-19)17-29(33-26,27(31)32-4)24-18-30-25-13-9-8-12-21(24)25/h5-18,30H,1-4H3. The van der Waals surface area contributed by atoms with Crippen molar-refractivity contribution in [1.29, 1.82) is 0 Å². The minimum absolute atomic E-state index is 0.0233. The second-order valence-electron chi connectivity index (χ2n) is 9.46. The highest BCUT2D eigenvalue weighted by molar-refractivity contribution is 5.98. The van der Waals surface area contributed by atoms with E-state index in [1.54, 1.807) is 0 Å². The van der Waals surface area contributed by atoms with Crippen molar-refractivity contribution >= 4 is 22.4 Å². The number of para-hydroxylation sites is 1. The summed E-state index contributed by atoms with van der Waals surface area (Å²) in [6.45, 7) is 6.57. The Labute approximate surface area is 193 Å². The molecular weight excluding hydrogens is 410 g/mol. The zero-order valence-corrected chi connectivity index (χ0v) is 19.3. The van der Waals surface area contributed by atoms with E-state index >= 15 is 0 Å². The highest BCUT2D eigenvalue weighted by Crippen LogP contribution is 2.47. The molecule has 4 aromatic rings. The molecule has 33 heavy (non-hydrogen) atoms. The lowest BCUT2D eigenvalue weighted by Gasteiger charge is -2.35. The van der Waals surface area contributed by atoms with Crippen molar-refractivity contribution in [3.8, 4) is 5.75 Å². The molecule has 1 aliphatic rings. The Morgan fingerprint density at radius 3 is 2.42 bits per heavy atom. The van der Waals surface area contributed by atoms with Crippen LogP contribution >= 0.6 is 0 Å². The maximum atomic E-state index is 13.4. The zero-order valence-electron chi connectivity index (χ0n) is 19.3. The van der Waals surface area contributed by atoms with Gasteiger partial charge in [-0.3, -0.25) is 0 Å². The summed E-state index contributed by atoms with van der Waals surface area (Å²) in [7, 11) is 1.40. The van der Waals surface area contributed by atoms with E-state index in [2.05, 4.69) is 50.0 Å². The van der Waals surface area contributed by atoms with Gasteiger partial charge in [0.1, 0.15) is 5.75 Å². The second kappa shape index (κ2) is 7.66. The van der Waals surface area contributed by atoms with E-state index in [1.165, 1.54) is 12.7 Å². The molecule has 166 valence electrons. The number of carbonyl (C=O) groups excluding carboxylic acids is 1. The normalized spacial score (nSPS) is 17.8. The highest BCUT2D eigenvalue weighted by atomic mass is 16.6. The molecule has 0 fully saturated rings. The van der Waals surface area contributed by atoms with Crippen molar-refractivity contribution in [3.63, 3.8) is 0 Å². The number of esters is 1. The number of hydrogen-bond donors (Lipinski definition) is 1. The third kappa shape index (κ3) is 3.43. The Balaban J connectivity index is 1.82. The van der Waals surface area contributed by atoms with Crippen molar-refractivity contribution in [2.45, 2.75) is 31.8 Å². The third-order valence-electron chi connectivity index (χ3n) is 6.32. The van der Waals surface area contributed by atoms with Gasteiger partial charge in [-0.25, -0.2) is 4.79 Å². The number of H-pyrrole nitrogens is 1. The van der Waals surface area contributed by atoms with Crippen molar-refractivity contribution in [2.75, 3.05) is 7.11 Å². The fourth-order valence-electron chi connectivity index (χ4n) is 4.51. The molecule has 2 heterocycles. The Morgan fingerprint density at radius 1 is 0.970 bits per heavy atom. The molecule has 3 aromatic carbocycles. The van der Waals surface area contributed by atoms with E-state index in [0.717, 1.165) is 33.2 Å². The molecule has 0 saturated heterocycles. The van der Waals surface area contributed by atoms with Crippen LogP contribution in [0.2, 0.25) is 0 Å². The number of methoxy groups -OCH3 is 1. The van der Waals surface area contributed by atoms with Gasteiger partial charge in [-0.2, -0.15) is 0 Å². The number of rotatable bonds is 3. The van der Waals surface area contributed by atoms with E-state index in [1.807, 2.05) is 60.8 Å². The number of ether oxygens (including phenoxy) is 2. The fourth-order valence-corrected chi connectivity index (χ4v) is 4.51. The quantitative estimate of drug-likeness (QED) is 0.380. The van der Waals surface area contributed by atoms with Crippen molar-refractivity contribution in [1.82, 2.24) is 4.98 Å². The first kappa shape index (κ1) is 21.1. The van der Waals surface area contributed by atoms with Gasteiger partial charge >= 0.3 is 5.97 Å². The van der Waals surface area contributed by atoms with Crippen LogP contribution in [0.3, 0.4) is 0 Å². The van der Waals surface area contributed by atoms with Crippen molar-refractivity contribution in [2.24, 2.45) is 0 Å². The largest absolute Gasteiger partial charge is 0.466 e. The second-order valence-corrected chi connectivity index (χ2v) is 9.46. The number of nitrogens with one attached hydrogen (secondary N) is 1. The number of fused-ring (bicyclic) bond motifs is 2. The topological polar surface area (TPSA) is 51.3 Å². The Hall–Kier alpha value is -3.79. The lowest BCUT2D eigenvalue weighted by molar-refractivity contribution is -0.155. The van der Waals surface area contributed by atoms with Gasteiger partial charge in [-0.1, -0.05) is 75.4 Å². The maximum Gasteiger partial charge on any atom is 0.359 e. The Morgan fingerprint density at radius 2 is 1.70 bits per heavy atom. The van der Waals surface area contributed by atoms with Gasteiger partial charge in [-0.15, -0.1) is 0 Å². The summed E-state index contributed by atoms with van der Waals surface area (Å²) in [6, 6.07) is 24.2. The SMILES string of the molecule is COC(=O)C1(c2c[nH]c3ccccc23)C=C(c2ccccc2)c2cc(C(C)(C)C)ccc2O1. The number of hydrogen-bond acceptors (Lipinski definition) is 3. The van der Waals surface area contributed by atoms with E-state index in [4.69, 9.17) is 9.47 Å². The van der Waals surface area contributed by atoms with E-state index in [0.29, 0.717) is 5.75 Å². The van der Waals surface area contributed by atoms with Crippen LogP contribution in [0.25, 0.3) is 16.5 Å². The maximum absolute atomic E-state index is 13.4. The first-order valence-corrected chi connectivity index (χ1v) is 11.1. The summed E-state index contributed by atoms with van der Waals surface area (Å²) in [6.07, 6.45) is 3.76. The predicted octanol–water partition coefficient (Wildman–Crippen LogP) is 6.36. The molecule has 5 rings (SSSR count). The first-order valence-electron chi connectivity index (χ1n) is 11.1. The Kier molecular flexibility index (Phi) is 4.89. The number of aromatic amines is 1. The molecule has 0 radical (unpaired) electrons. The molecule has 1 aromatic heterocycles. The van der Waals surface area contributed by atoms with Crippen LogP contribution in [-0.4, -0.2) is 18.1 Å². The van der Waals surface area contributed by atoms with Gasteiger partial charge in [0.05, 0.1) is 7.11 Å². The molecule has 4 heteroatoms. The average molecular weight is 438 g/mol. The Bertz CT molecular complexity index is 1380. The molecular formula is C29H27NO3. The zero-order chi connectivity index (χ0) is 23.2. The lowest BCUT2D eigenvalue weighted by atomic mass is 9.80. The van der Waals surface area contributed by atoms with Gasteiger partial charge in [0.2, 0.25) is 0 Å². The summed E-state index contributed by atoms with van der Waals surface area (Å²) in [5.41, 5.74) is 4.34. The van der Waals surface area contributed by atoms with Crippen LogP contribution in [0.1, 0.15) is 43.0 Å². The molecule has 1 aliphatic heterocycles. The van der Waals surface area contributed by atoms with Gasteiger partial charge in [0.25, 0.3) is 5.60 Å². The van der Waals surface area contributed by atoms with Crippen LogP contribution in [-0.2, 0) is 20.5 Å².